The number of thioether (sulfide) groups is 1. The molecule has 1 aliphatic heterocycles. The average molecular weight is 416 g/mol. The van der Waals surface area contributed by atoms with Crippen molar-refractivity contribution in [2.45, 2.75) is 37.5 Å². The number of nitriles is 1. The molecule has 158 valence electrons. The highest BCUT2D eigenvalue weighted by molar-refractivity contribution is 8.00. The van der Waals surface area contributed by atoms with E-state index in [1.807, 2.05) is 26.1 Å². The van der Waals surface area contributed by atoms with Crippen LogP contribution < -0.4 is 10.6 Å². The molecule has 0 bridgehead atoms. The van der Waals surface area contributed by atoms with E-state index in [-0.39, 0.29) is 5.37 Å². The lowest BCUT2D eigenvalue weighted by Crippen LogP contribution is -2.31. The summed E-state index contributed by atoms with van der Waals surface area (Å²) in [5.74, 6) is 0. The molecular formula is C21H33N7S. The lowest BCUT2D eigenvalue weighted by atomic mass is 10.2. The lowest BCUT2D eigenvalue weighted by Gasteiger charge is -2.20. The molecule has 7 nitrogen and oxygen atoms in total. The number of nitrogens with zero attached hydrogens (tertiary/aromatic N) is 5. The van der Waals surface area contributed by atoms with Crippen LogP contribution in [0.3, 0.4) is 0 Å². The highest BCUT2D eigenvalue weighted by Gasteiger charge is 2.26. The first kappa shape index (κ1) is 23.2. The number of nitrogens with one attached hydrogen (secondary N) is 2. The van der Waals surface area contributed by atoms with Gasteiger partial charge in [0.25, 0.3) is 0 Å². The highest BCUT2D eigenvalue weighted by atomic mass is 32.2. The van der Waals surface area contributed by atoms with E-state index in [0.717, 1.165) is 61.1 Å². The minimum Gasteiger partial charge on any atom is -0.366 e. The van der Waals surface area contributed by atoms with Gasteiger partial charge in [-0.2, -0.15) is 5.26 Å². The maximum absolute atomic E-state index is 9.63. The Morgan fingerprint density at radius 1 is 1.38 bits per heavy atom. The molecule has 0 aromatic carbocycles. The summed E-state index contributed by atoms with van der Waals surface area (Å²) in [6.45, 7) is 11.1. The first-order valence-corrected chi connectivity index (χ1v) is 10.9. The summed E-state index contributed by atoms with van der Waals surface area (Å²) < 4.78 is 0. The summed E-state index contributed by atoms with van der Waals surface area (Å²) in [4.78, 5) is 14.5. The van der Waals surface area contributed by atoms with Crippen molar-refractivity contribution in [1.29, 1.82) is 5.26 Å². The van der Waals surface area contributed by atoms with E-state index in [4.69, 9.17) is 0 Å². The van der Waals surface area contributed by atoms with Crippen molar-refractivity contribution in [2.24, 2.45) is 4.99 Å². The van der Waals surface area contributed by atoms with Gasteiger partial charge in [0.05, 0.1) is 29.9 Å². The molecule has 1 unspecified atom stereocenters. The molecule has 29 heavy (non-hydrogen) atoms. The van der Waals surface area contributed by atoms with Crippen LogP contribution in [0.15, 0.2) is 33.4 Å². The van der Waals surface area contributed by atoms with Gasteiger partial charge in [-0.15, -0.1) is 0 Å². The van der Waals surface area contributed by atoms with E-state index in [1.165, 1.54) is 0 Å². The number of hydrogen-bond donors (Lipinski definition) is 2. The van der Waals surface area contributed by atoms with Crippen molar-refractivity contribution in [1.82, 2.24) is 20.1 Å². The Bertz CT molecular complexity index is 769. The van der Waals surface area contributed by atoms with Crippen molar-refractivity contribution in [2.75, 3.05) is 52.1 Å². The molecule has 0 saturated carbocycles. The molecule has 0 radical (unpaired) electrons. The molecule has 2 N–H and O–H groups in total. The molecule has 8 heteroatoms. The minimum atomic E-state index is -0.102. The Morgan fingerprint density at radius 3 is 2.86 bits per heavy atom. The van der Waals surface area contributed by atoms with E-state index in [9.17, 15) is 5.26 Å². The summed E-state index contributed by atoms with van der Waals surface area (Å²) >= 11 is 1.65. The molecule has 2 heterocycles. The number of allylic oxidation sites excluding steroid dienone is 1. The monoisotopic (exact) mass is 415 g/mol. The topological polar surface area (TPSA) is 79.6 Å². The molecule has 1 aromatic heterocycles. The van der Waals surface area contributed by atoms with Crippen molar-refractivity contribution in [3.05, 3.63) is 29.2 Å². The highest BCUT2D eigenvalue weighted by Crippen LogP contribution is 2.41. The van der Waals surface area contributed by atoms with Crippen LogP contribution in [0, 0.1) is 18.3 Å². The summed E-state index contributed by atoms with van der Waals surface area (Å²) in [6, 6.07) is 4.37. The second kappa shape index (κ2) is 11.8. The molecule has 1 aromatic rings. The quantitative estimate of drug-likeness (QED) is 0.249. The van der Waals surface area contributed by atoms with Gasteiger partial charge in [0.15, 0.2) is 0 Å². The van der Waals surface area contributed by atoms with Crippen LogP contribution in [0.4, 0.5) is 5.69 Å². The lowest BCUT2D eigenvalue weighted by molar-refractivity contribution is 0.262. The number of rotatable bonds is 11. The predicted octanol–water partition coefficient (Wildman–Crippen LogP) is 2.92. The second-order valence-electron chi connectivity index (χ2n) is 7.35. The van der Waals surface area contributed by atoms with Crippen molar-refractivity contribution >= 4 is 23.8 Å². The third-order valence-electron chi connectivity index (χ3n) is 4.92. The van der Waals surface area contributed by atoms with Gasteiger partial charge in [-0.3, -0.25) is 9.98 Å². The van der Waals surface area contributed by atoms with Gasteiger partial charge in [-0.1, -0.05) is 18.7 Å². The van der Waals surface area contributed by atoms with E-state index in [0.29, 0.717) is 5.57 Å². The summed E-state index contributed by atoms with van der Waals surface area (Å²) in [7, 11) is 4.30. The van der Waals surface area contributed by atoms with Gasteiger partial charge in [-0.25, -0.2) is 0 Å². The Balaban J connectivity index is 1.76. The average Bonchev–Trinajstić information content (AvgIpc) is 3.11. The van der Waals surface area contributed by atoms with Crippen LogP contribution in [0.25, 0.3) is 0 Å². The number of hydrogen-bond acceptors (Lipinski definition) is 7. The Morgan fingerprint density at radius 2 is 2.14 bits per heavy atom. The molecule has 0 spiro atoms. The van der Waals surface area contributed by atoms with Gasteiger partial charge in [0.1, 0.15) is 5.37 Å². The molecule has 0 saturated heterocycles. The van der Waals surface area contributed by atoms with Gasteiger partial charge < -0.3 is 20.4 Å². The number of fused-ring (bicyclic) bond motifs is 1. The van der Waals surface area contributed by atoms with Crippen LogP contribution in [0.1, 0.15) is 26.0 Å². The normalized spacial score (nSPS) is 16.7. The van der Waals surface area contributed by atoms with E-state index in [2.05, 4.69) is 57.5 Å². The number of aliphatic imine (C=N–C) groups is 1. The minimum absolute atomic E-state index is 0.102. The van der Waals surface area contributed by atoms with Gasteiger partial charge in [0, 0.05) is 35.9 Å². The number of aryl methyl sites for hydroxylation is 1. The third-order valence-corrected chi connectivity index (χ3v) is 6.10. The molecular weight excluding hydrogens is 382 g/mol. The molecule has 1 atom stereocenters. The number of likely N-dealkylation sites (N-methyl/N-ethyl adjacent to an activating group) is 2. The first-order chi connectivity index (χ1) is 13.9. The summed E-state index contributed by atoms with van der Waals surface area (Å²) in [5, 5.41) is 16.1. The zero-order chi connectivity index (χ0) is 21.2. The Hall–Kier alpha value is -2.08. The maximum atomic E-state index is 9.63. The Labute approximate surface area is 179 Å². The largest absolute Gasteiger partial charge is 0.366 e. The van der Waals surface area contributed by atoms with Crippen molar-refractivity contribution in [3.8, 4) is 6.07 Å². The fourth-order valence-corrected chi connectivity index (χ4v) is 4.10. The molecule has 1 aliphatic rings. The zero-order valence-electron chi connectivity index (χ0n) is 18.2. The number of aromatic nitrogens is 1. The summed E-state index contributed by atoms with van der Waals surface area (Å²) in [5.41, 5.74) is 3.45. The Kier molecular flexibility index (Phi) is 9.45. The fraction of sp³-hybridized carbons (Fsp3) is 0.571. The van der Waals surface area contributed by atoms with Crippen molar-refractivity contribution < 1.29 is 0 Å². The van der Waals surface area contributed by atoms with E-state index < -0.39 is 0 Å². The van der Waals surface area contributed by atoms with Gasteiger partial charge >= 0.3 is 0 Å². The molecule has 2 rings (SSSR count). The number of pyridine rings is 1. The fourth-order valence-electron chi connectivity index (χ4n) is 2.84. The van der Waals surface area contributed by atoms with Crippen LogP contribution >= 0.6 is 11.8 Å². The third kappa shape index (κ3) is 7.35. The van der Waals surface area contributed by atoms with E-state index >= 15 is 0 Å². The van der Waals surface area contributed by atoms with Gasteiger partial charge in [-0.05, 0) is 53.5 Å². The zero-order valence-corrected chi connectivity index (χ0v) is 19.0. The van der Waals surface area contributed by atoms with Crippen LogP contribution in [-0.2, 0) is 0 Å². The van der Waals surface area contributed by atoms with Crippen LogP contribution in [0.5, 0.6) is 0 Å². The smallest absolute Gasteiger partial charge is 0.114 e. The standard InChI is InChI=1S/C21H33N7S/c1-6-27(4)10-11-28(5)9-7-8-23-15-25-17(3)18(13-22)21-26-19-14-24-16(2)12-20(19)29-21/h12,14-15,21,26H,6-11H2,1-5H3,(H,23,25)/b18-17+. The van der Waals surface area contributed by atoms with Crippen LogP contribution in [-0.4, -0.2) is 73.3 Å². The SMILES string of the molecule is CCN(C)CCN(C)CCCN=CN/C(C)=C(\C#N)C1Nc2cnc(C)cc2S1. The van der Waals surface area contributed by atoms with E-state index in [1.54, 1.807) is 18.1 Å². The van der Waals surface area contributed by atoms with Crippen LogP contribution in [0.2, 0.25) is 0 Å². The predicted molar refractivity (Wildman–Crippen MR) is 122 cm³/mol. The molecule has 0 amide bonds. The van der Waals surface area contributed by atoms with Crippen molar-refractivity contribution in [3.63, 3.8) is 0 Å². The summed E-state index contributed by atoms with van der Waals surface area (Å²) in [6.07, 6.45) is 4.55. The first-order valence-electron chi connectivity index (χ1n) is 10.1. The number of anilines is 1. The maximum Gasteiger partial charge on any atom is 0.114 e. The molecule has 0 aliphatic carbocycles. The molecule has 0 fully saturated rings. The second-order valence-corrected chi connectivity index (χ2v) is 8.49. The van der Waals surface area contributed by atoms with Gasteiger partial charge in [0.2, 0.25) is 0 Å².